The van der Waals surface area contributed by atoms with Crippen molar-refractivity contribution >= 4 is 17.7 Å². The number of hydrogen-bond donors (Lipinski definition) is 2. The van der Waals surface area contributed by atoms with Gasteiger partial charge in [0, 0.05) is 13.0 Å². The van der Waals surface area contributed by atoms with Gasteiger partial charge in [-0.2, -0.15) is 0 Å². The third-order valence-corrected chi connectivity index (χ3v) is 6.68. The maximum absolute atomic E-state index is 13.1. The minimum absolute atomic E-state index is 0.0480. The Bertz CT molecular complexity index is 598. The highest BCUT2D eigenvalue weighted by Gasteiger charge is 2.59. The van der Waals surface area contributed by atoms with Gasteiger partial charge in [-0.3, -0.25) is 14.4 Å². The molecule has 1 aliphatic heterocycles. The highest BCUT2D eigenvalue weighted by atomic mass is 16.4. The van der Waals surface area contributed by atoms with Crippen LogP contribution in [0, 0.1) is 5.41 Å². The summed E-state index contributed by atoms with van der Waals surface area (Å²) in [6, 6.07) is 0. The first-order valence-electron chi connectivity index (χ1n) is 11.7. The monoisotopic (exact) mass is 425 g/mol. The fourth-order valence-electron chi connectivity index (χ4n) is 4.56. The summed E-state index contributed by atoms with van der Waals surface area (Å²) in [5.41, 5.74) is -2.74. The van der Waals surface area contributed by atoms with Crippen molar-refractivity contribution in [3.63, 3.8) is 0 Å². The summed E-state index contributed by atoms with van der Waals surface area (Å²) in [5.74, 6) is -0.982. The van der Waals surface area contributed by atoms with Crippen molar-refractivity contribution in [2.75, 3.05) is 6.54 Å². The summed E-state index contributed by atoms with van der Waals surface area (Å²) in [5, 5.41) is 19.5. The second-order valence-corrected chi connectivity index (χ2v) is 10.1. The maximum Gasteiger partial charge on any atom is 0.303 e. The number of carboxylic acid groups (broad SMARTS) is 1. The molecule has 1 fully saturated rings. The van der Waals surface area contributed by atoms with E-state index in [-0.39, 0.29) is 18.1 Å². The van der Waals surface area contributed by atoms with E-state index < -0.39 is 22.5 Å². The Morgan fingerprint density at radius 3 is 2.17 bits per heavy atom. The predicted molar refractivity (Wildman–Crippen MR) is 118 cm³/mol. The minimum atomic E-state index is -1.04. The lowest BCUT2D eigenvalue weighted by Crippen LogP contribution is -2.49. The Kier molecular flexibility index (Phi) is 9.99. The summed E-state index contributed by atoms with van der Waals surface area (Å²) in [4.78, 5) is 38.5. The van der Waals surface area contributed by atoms with E-state index in [0.717, 1.165) is 44.9 Å². The van der Waals surface area contributed by atoms with E-state index in [1.54, 1.807) is 18.7 Å². The van der Waals surface area contributed by atoms with Gasteiger partial charge in [-0.05, 0) is 53.4 Å². The molecule has 0 spiro atoms. The van der Waals surface area contributed by atoms with E-state index in [9.17, 15) is 19.5 Å². The Labute approximate surface area is 182 Å². The van der Waals surface area contributed by atoms with Crippen LogP contribution in [0.4, 0.5) is 0 Å². The first kappa shape index (κ1) is 26.6. The third kappa shape index (κ3) is 7.07. The van der Waals surface area contributed by atoms with Gasteiger partial charge < -0.3 is 15.1 Å². The number of carbonyl (C=O) groups excluding carboxylic acids is 2. The number of ketones is 1. The van der Waals surface area contributed by atoms with Crippen molar-refractivity contribution in [3.05, 3.63) is 0 Å². The molecule has 0 saturated carbocycles. The van der Waals surface area contributed by atoms with Crippen LogP contribution in [0.1, 0.15) is 112 Å². The molecule has 6 heteroatoms. The van der Waals surface area contributed by atoms with Gasteiger partial charge in [0.25, 0.3) is 0 Å². The molecule has 1 amide bonds. The van der Waals surface area contributed by atoms with Crippen molar-refractivity contribution < 1.29 is 24.6 Å². The molecule has 1 aliphatic rings. The number of amides is 1. The normalized spacial score (nSPS) is 23.1. The zero-order chi connectivity index (χ0) is 23.0. The first-order valence-corrected chi connectivity index (χ1v) is 11.7. The second-order valence-electron chi connectivity index (χ2n) is 10.1. The van der Waals surface area contributed by atoms with Gasteiger partial charge >= 0.3 is 5.97 Å². The van der Waals surface area contributed by atoms with E-state index in [1.165, 1.54) is 0 Å². The Hall–Kier alpha value is -1.43. The Morgan fingerprint density at radius 1 is 0.967 bits per heavy atom. The largest absolute Gasteiger partial charge is 0.481 e. The molecule has 2 unspecified atom stereocenters. The summed E-state index contributed by atoms with van der Waals surface area (Å²) in [7, 11) is 0. The van der Waals surface area contributed by atoms with Crippen LogP contribution < -0.4 is 0 Å². The number of unbranched alkanes of at least 4 members (excludes halogenated alkanes) is 6. The fourth-order valence-corrected chi connectivity index (χ4v) is 4.56. The lowest BCUT2D eigenvalue weighted by molar-refractivity contribution is -0.138. The molecule has 0 aromatic carbocycles. The van der Waals surface area contributed by atoms with Gasteiger partial charge in [-0.15, -0.1) is 0 Å². The number of carbonyl (C=O) groups is 3. The van der Waals surface area contributed by atoms with E-state index in [4.69, 9.17) is 5.11 Å². The van der Waals surface area contributed by atoms with Crippen LogP contribution in [0.3, 0.4) is 0 Å². The van der Waals surface area contributed by atoms with Crippen LogP contribution in [0.25, 0.3) is 0 Å². The number of carboxylic acids is 1. The topological polar surface area (TPSA) is 94.9 Å². The number of rotatable bonds is 15. The van der Waals surface area contributed by atoms with Gasteiger partial charge in [0.15, 0.2) is 5.78 Å². The van der Waals surface area contributed by atoms with Crippen molar-refractivity contribution in [1.82, 2.24) is 4.90 Å². The number of aliphatic carboxylic acids is 1. The van der Waals surface area contributed by atoms with Crippen molar-refractivity contribution in [2.24, 2.45) is 5.41 Å². The molecule has 0 aromatic rings. The Balaban J connectivity index is 2.71. The third-order valence-electron chi connectivity index (χ3n) is 6.68. The van der Waals surface area contributed by atoms with Crippen molar-refractivity contribution in [1.29, 1.82) is 0 Å². The smallest absolute Gasteiger partial charge is 0.303 e. The molecule has 1 saturated heterocycles. The number of aliphatic hydroxyl groups is 1. The molecule has 6 nitrogen and oxygen atoms in total. The molecule has 2 N–H and O–H groups in total. The summed E-state index contributed by atoms with van der Waals surface area (Å²) in [6.07, 6.45) is 9.33. The molecule has 0 aliphatic carbocycles. The van der Waals surface area contributed by atoms with Crippen LogP contribution in [0.15, 0.2) is 0 Å². The second kappa shape index (κ2) is 11.3. The fraction of sp³-hybridized carbons (Fsp3) is 0.875. The van der Waals surface area contributed by atoms with Gasteiger partial charge in [0.05, 0.1) is 11.1 Å². The SMILES string of the molecule is CCCCCCC(C)(O)CCN1C(=O)C(C)(C)C(=O)C1(C)CCCCCCC(=O)O. The summed E-state index contributed by atoms with van der Waals surface area (Å²) in [6.45, 7) is 9.62. The van der Waals surface area contributed by atoms with Crippen LogP contribution in [0.2, 0.25) is 0 Å². The molecule has 0 radical (unpaired) electrons. The molecule has 174 valence electrons. The molecule has 0 aromatic heterocycles. The highest BCUT2D eigenvalue weighted by Crippen LogP contribution is 2.42. The number of nitrogens with zero attached hydrogens (tertiary/aromatic N) is 1. The van der Waals surface area contributed by atoms with Crippen molar-refractivity contribution in [3.8, 4) is 0 Å². The highest BCUT2D eigenvalue weighted by molar-refractivity contribution is 6.15. The van der Waals surface area contributed by atoms with E-state index in [2.05, 4.69) is 6.92 Å². The van der Waals surface area contributed by atoms with E-state index in [1.807, 2.05) is 13.8 Å². The predicted octanol–water partition coefficient (Wildman–Crippen LogP) is 4.72. The number of Topliss-reactive ketones (excluding diaryl/α,β-unsaturated/α-hetero) is 1. The molecule has 1 rings (SSSR count). The molecular formula is C24H43NO5. The Morgan fingerprint density at radius 2 is 1.57 bits per heavy atom. The van der Waals surface area contributed by atoms with Gasteiger partial charge in [0.2, 0.25) is 5.91 Å². The van der Waals surface area contributed by atoms with E-state index in [0.29, 0.717) is 32.2 Å². The van der Waals surface area contributed by atoms with Crippen LogP contribution in [0.5, 0.6) is 0 Å². The lowest BCUT2D eigenvalue weighted by Gasteiger charge is -2.36. The van der Waals surface area contributed by atoms with Crippen LogP contribution in [-0.2, 0) is 14.4 Å². The maximum atomic E-state index is 13.1. The van der Waals surface area contributed by atoms with Gasteiger partial charge in [-0.1, -0.05) is 51.9 Å². The van der Waals surface area contributed by atoms with Crippen molar-refractivity contribution in [2.45, 2.75) is 123 Å². The molecular weight excluding hydrogens is 382 g/mol. The van der Waals surface area contributed by atoms with Gasteiger partial charge in [0.1, 0.15) is 5.41 Å². The molecule has 30 heavy (non-hydrogen) atoms. The molecule has 0 bridgehead atoms. The first-order chi connectivity index (χ1) is 13.9. The zero-order valence-electron chi connectivity index (χ0n) is 19.8. The quantitative estimate of drug-likeness (QED) is 0.292. The lowest BCUT2D eigenvalue weighted by atomic mass is 9.80. The minimum Gasteiger partial charge on any atom is -0.481 e. The van der Waals surface area contributed by atoms with E-state index >= 15 is 0 Å². The van der Waals surface area contributed by atoms with Crippen LogP contribution in [-0.4, -0.2) is 50.5 Å². The van der Waals surface area contributed by atoms with Crippen LogP contribution >= 0.6 is 0 Å². The average molecular weight is 426 g/mol. The number of likely N-dealkylation sites (tertiary alicyclic amines) is 1. The summed E-state index contributed by atoms with van der Waals surface area (Å²) >= 11 is 0. The van der Waals surface area contributed by atoms with Gasteiger partial charge in [-0.25, -0.2) is 0 Å². The molecule has 2 atom stereocenters. The molecule has 1 heterocycles. The summed E-state index contributed by atoms with van der Waals surface area (Å²) < 4.78 is 0. The zero-order valence-corrected chi connectivity index (χ0v) is 19.8. The number of hydrogen-bond acceptors (Lipinski definition) is 4. The standard InChI is InChI=1S/C24H43NO5/c1-6-7-8-12-15-23(4,30)17-18-25-21(29)22(2,3)20(28)24(25,5)16-13-10-9-11-14-19(26)27/h30H,6-18H2,1-5H3,(H,26,27). The average Bonchev–Trinajstić information content (AvgIpc) is 2.78.